The molecule has 1 fully saturated rings. The molecule has 1 N–H and O–H groups in total. The first-order valence-corrected chi connectivity index (χ1v) is 15.6. The Labute approximate surface area is 238 Å². The molecule has 0 spiro atoms. The quantitative estimate of drug-likeness (QED) is 0.331. The lowest BCUT2D eigenvalue weighted by Crippen LogP contribution is -2.50. The number of nitrogens with zero attached hydrogens (tertiary/aromatic N) is 2. The van der Waals surface area contributed by atoms with Crippen LogP contribution >= 0.6 is 0 Å². The van der Waals surface area contributed by atoms with Gasteiger partial charge in [-0.05, 0) is 54.5 Å². The van der Waals surface area contributed by atoms with Gasteiger partial charge in [0.2, 0.25) is 21.8 Å². The van der Waals surface area contributed by atoms with E-state index in [1.807, 2.05) is 67.6 Å². The van der Waals surface area contributed by atoms with E-state index in [9.17, 15) is 18.0 Å². The van der Waals surface area contributed by atoms with Crippen molar-refractivity contribution in [1.82, 2.24) is 14.5 Å². The van der Waals surface area contributed by atoms with Crippen molar-refractivity contribution in [2.24, 2.45) is 0 Å². The van der Waals surface area contributed by atoms with Crippen molar-refractivity contribution in [3.05, 3.63) is 102 Å². The van der Waals surface area contributed by atoms with Gasteiger partial charge in [0.05, 0.1) is 4.90 Å². The number of hydrogen-bond acceptors (Lipinski definition) is 4. The maximum Gasteiger partial charge on any atom is 0.243 e. The van der Waals surface area contributed by atoms with Crippen LogP contribution in [0.15, 0.2) is 89.8 Å². The van der Waals surface area contributed by atoms with E-state index in [0.29, 0.717) is 39.0 Å². The van der Waals surface area contributed by atoms with Crippen molar-refractivity contribution in [1.29, 1.82) is 0 Å². The molecule has 0 aliphatic carbocycles. The van der Waals surface area contributed by atoms with Gasteiger partial charge >= 0.3 is 0 Å². The highest BCUT2D eigenvalue weighted by molar-refractivity contribution is 7.89. The molecule has 1 aliphatic rings. The second-order valence-electron chi connectivity index (χ2n) is 10.3. The summed E-state index contributed by atoms with van der Waals surface area (Å²) in [6.45, 7) is 3.99. The molecule has 8 heteroatoms. The number of carbonyl (C=O) groups excluding carboxylic acids is 2. The highest BCUT2D eigenvalue weighted by Crippen LogP contribution is 2.22. The predicted molar refractivity (Wildman–Crippen MR) is 157 cm³/mol. The summed E-state index contributed by atoms with van der Waals surface area (Å²) < 4.78 is 27.3. The van der Waals surface area contributed by atoms with Crippen LogP contribution in [0.25, 0.3) is 0 Å². The van der Waals surface area contributed by atoms with Crippen LogP contribution in [0.2, 0.25) is 0 Å². The summed E-state index contributed by atoms with van der Waals surface area (Å²) in [4.78, 5) is 29.1. The van der Waals surface area contributed by atoms with Crippen LogP contribution in [0.4, 0.5) is 0 Å². The fraction of sp³-hybridized carbons (Fsp3) is 0.375. The number of benzene rings is 3. The Morgan fingerprint density at radius 3 is 2.05 bits per heavy atom. The average Bonchev–Trinajstić information content (AvgIpc) is 3.54. The zero-order valence-electron chi connectivity index (χ0n) is 23.2. The van der Waals surface area contributed by atoms with Crippen molar-refractivity contribution in [3.8, 4) is 0 Å². The summed E-state index contributed by atoms with van der Waals surface area (Å²) in [6, 6.07) is 25.6. The van der Waals surface area contributed by atoms with Gasteiger partial charge in [0.25, 0.3) is 0 Å². The van der Waals surface area contributed by atoms with Gasteiger partial charge in [-0.15, -0.1) is 0 Å². The molecule has 1 saturated heterocycles. The number of nitrogens with one attached hydrogen (secondary N) is 1. The smallest absolute Gasteiger partial charge is 0.243 e. The van der Waals surface area contributed by atoms with Gasteiger partial charge in [0.1, 0.15) is 6.04 Å². The Morgan fingerprint density at radius 2 is 1.45 bits per heavy atom. The molecule has 3 aromatic carbocycles. The lowest BCUT2D eigenvalue weighted by molar-refractivity contribution is -0.141. The molecule has 40 heavy (non-hydrogen) atoms. The van der Waals surface area contributed by atoms with Crippen LogP contribution in [0.5, 0.6) is 0 Å². The lowest BCUT2D eigenvalue weighted by Gasteiger charge is -2.31. The van der Waals surface area contributed by atoms with Crippen LogP contribution < -0.4 is 5.32 Å². The molecule has 0 bridgehead atoms. The Kier molecular flexibility index (Phi) is 10.5. The van der Waals surface area contributed by atoms with Gasteiger partial charge in [-0.25, -0.2) is 8.42 Å². The SMILES string of the molecule is CCCNC(=O)[C@H](Cc1ccccc1)N(Cc1ccccc1)C(=O)CCc1ccc(S(=O)(=O)N2CCCC2)cc1. The molecule has 4 rings (SSSR count). The Hall–Kier alpha value is -3.49. The molecule has 1 heterocycles. The molecule has 0 aromatic heterocycles. The zero-order valence-corrected chi connectivity index (χ0v) is 24.0. The normalized spacial score (nSPS) is 14.5. The van der Waals surface area contributed by atoms with Crippen molar-refractivity contribution >= 4 is 21.8 Å². The monoisotopic (exact) mass is 561 g/mol. The molecule has 3 aromatic rings. The highest BCUT2D eigenvalue weighted by Gasteiger charge is 2.30. The van der Waals surface area contributed by atoms with Crippen molar-refractivity contribution in [2.75, 3.05) is 19.6 Å². The number of sulfonamides is 1. The second kappa shape index (κ2) is 14.2. The van der Waals surface area contributed by atoms with Crippen molar-refractivity contribution in [2.45, 2.75) is 62.9 Å². The van der Waals surface area contributed by atoms with E-state index in [1.54, 1.807) is 29.2 Å². The fourth-order valence-corrected chi connectivity index (χ4v) is 6.52. The van der Waals surface area contributed by atoms with E-state index in [2.05, 4.69) is 5.32 Å². The van der Waals surface area contributed by atoms with Gasteiger partial charge in [-0.2, -0.15) is 4.31 Å². The summed E-state index contributed by atoms with van der Waals surface area (Å²) >= 11 is 0. The van der Waals surface area contributed by atoms with Gasteiger partial charge in [0, 0.05) is 39.0 Å². The first-order chi connectivity index (χ1) is 19.4. The minimum Gasteiger partial charge on any atom is -0.354 e. The van der Waals surface area contributed by atoms with E-state index in [0.717, 1.165) is 36.0 Å². The summed E-state index contributed by atoms with van der Waals surface area (Å²) in [6.07, 6.45) is 3.65. The number of rotatable bonds is 13. The van der Waals surface area contributed by atoms with Crippen LogP contribution in [-0.4, -0.2) is 55.1 Å². The Balaban J connectivity index is 1.52. The van der Waals surface area contributed by atoms with E-state index in [1.165, 1.54) is 4.31 Å². The molecule has 0 unspecified atom stereocenters. The van der Waals surface area contributed by atoms with Gasteiger partial charge in [-0.3, -0.25) is 9.59 Å². The van der Waals surface area contributed by atoms with Crippen LogP contribution in [0, 0.1) is 0 Å². The standard InChI is InChI=1S/C32H39N3O4S/c1-2-21-33-32(37)30(24-27-11-5-3-6-12-27)35(25-28-13-7-4-8-14-28)31(36)20-17-26-15-18-29(19-16-26)40(38,39)34-22-9-10-23-34/h3-8,11-16,18-19,30H,2,9-10,17,20-25H2,1H3,(H,33,37)/t30-/m0/s1. The summed E-state index contributed by atoms with van der Waals surface area (Å²) in [5, 5.41) is 3.00. The van der Waals surface area contributed by atoms with Gasteiger partial charge in [0.15, 0.2) is 0 Å². The summed E-state index contributed by atoms with van der Waals surface area (Å²) in [5.74, 6) is -0.281. The third kappa shape index (κ3) is 7.79. The summed E-state index contributed by atoms with van der Waals surface area (Å²) in [7, 11) is -3.48. The molecule has 7 nitrogen and oxygen atoms in total. The Bertz CT molecular complexity index is 1340. The number of amides is 2. The van der Waals surface area contributed by atoms with Crippen molar-refractivity contribution < 1.29 is 18.0 Å². The third-order valence-corrected chi connectivity index (χ3v) is 9.18. The minimum atomic E-state index is -3.48. The topological polar surface area (TPSA) is 86.8 Å². The molecule has 212 valence electrons. The zero-order chi connectivity index (χ0) is 28.4. The third-order valence-electron chi connectivity index (χ3n) is 7.27. The molecular formula is C32H39N3O4S. The van der Waals surface area contributed by atoms with E-state index < -0.39 is 16.1 Å². The molecular weight excluding hydrogens is 522 g/mol. The van der Waals surface area contributed by atoms with Crippen LogP contribution in [0.3, 0.4) is 0 Å². The highest BCUT2D eigenvalue weighted by atomic mass is 32.2. The number of aryl methyl sites for hydroxylation is 1. The maximum atomic E-state index is 13.8. The lowest BCUT2D eigenvalue weighted by atomic mass is 10.0. The fourth-order valence-electron chi connectivity index (χ4n) is 5.00. The first kappa shape index (κ1) is 29.5. The van der Waals surface area contributed by atoms with Crippen LogP contribution in [0.1, 0.15) is 49.3 Å². The molecule has 1 aliphatic heterocycles. The minimum absolute atomic E-state index is 0.120. The summed E-state index contributed by atoms with van der Waals surface area (Å²) in [5.41, 5.74) is 2.82. The van der Waals surface area contributed by atoms with Crippen molar-refractivity contribution in [3.63, 3.8) is 0 Å². The second-order valence-corrected chi connectivity index (χ2v) is 12.2. The molecule has 2 amide bonds. The molecule has 0 saturated carbocycles. The largest absolute Gasteiger partial charge is 0.354 e. The van der Waals surface area contributed by atoms with E-state index >= 15 is 0 Å². The van der Waals surface area contributed by atoms with Crippen LogP contribution in [-0.2, 0) is 39.0 Å². The van der Waals surface area contributed by atoms with Gasteiger partial charge < -0.3 is 10.2 Å². The van der Waals surface area contributed by atoms with E-state index in [4.69, 9.17) is 0 Å². The molecule has 1 atom stereocenters. The first-order valence-electron chi connectivity index (χ1n) is 14.1. The van der Waals surface area contributed by atoms with Gasteiger partial charge in [-0.1, -0.05) is 79.7 Å². The number of carbonyl (C=O) groups is 2. The Morgan fingerprint density at radius 1 is 0.850 bits per heavy atom. The maximum absolute atomic E-state index is 13.8. The predicted octanol–water partition coefficient (Wildman–Crippen LogP) is 4.57. The molecule has 0 radical (unpaired) electrons. The van der Waals surface area contributed by atoms with E-state index in [-0.39, 0.29) is 23.1 Å². The number of hydrogen-bond donors (Lipinski definition) is 1. The average molecular weight is 562 g/mol.